The smallest absolute Gasteiger partial charge is 0.262 e. The number of nitrogens with zero attached hydrogens (tertiary/aromatic N) is 2. The summed E-state index contributed by atoms with van der Waals surface area (Å²) in [4.78, 5) is 3.18. The van der Waals surface area contributed by atoms with Crippen LogP contribution in [0.1, 0.15) is 18.9 Å². The number of fused-ring (bicyclic) bond motifs is 2. The highest BCUT2D eigenvalue weighted by atomic mass is 127. The third-order valence-corrected chi connectivity index (χ3v) is 6.76. The van der Waals surface area contributed by atoms with Crippen LogP contribution < -0.4 is 33.4 Å². The predicted octanol–water partition coefficient (Wildman–Crippen LogP) is 2.98. The minimum absolute atomic E-state index is 0. The second-order valence-corrected chi connectivity index (χ2v) is 8.24. The molecule has 0 saturated carbocycles. The molecule has 1 aliphatic rings. The zero-order valence-corrected chi connectivity index (χ0v) is 19.2. The lowest BCUT2D eigenvalue weighted by atomic mass is 10.3. The molecule has 0 N–H and O–H groups in total. The first kappa shape index (κ1) is 21.3. The van der Waals surface area contributed by atoms with E-state index in [2.05, 4.69) is 35.5 Å². The van der Waals surface area contributed by atoms with Gasteiger partial charge in [-0.25, -0.2) is 8.78 Å². The van der Waals surface area contributed by atoms with E-state index < -0.39 is 0 Å². The molecule has 0 saturated heterocycles. The lowest BCUT2D eigenvalue weighted by molar-refractivity contribution is -0.665. The van der Waals surface area contributed by atoms with Crippen molar-refractivity contribution >= 4 is 45.1 Å². The number of anilines is 1. The first-order chi connectivity index (χ1) is 13.1. The molecule has 0 fully saturated rings. The summed E-state index contributed by atoms with van der Waals surface area (Å²) in [6.45, 7) is 5.67. The first-order valence-corrected chi connectivity index (χ1v) is 10.5. The molecule has 0 unspecified atom stereocenters. The van der Waals surface area contributed by atoms with Crippen LogP contribution in [0.15, 0.2) is 58.5 Å². The fourth-order valence-electron chi connectivity index (χ4n) is 3.26. The van der Waals surface area contributed by atoms with Crippen molar-refractivity contribution in [2.24, 2.45) is 0 Å². The summed E-state index contributed by atoms with van der Waals surface area (Å²) in [5, 5.41) is 2.15. The standard InChI is InChI=1S/C21H19F2N2S2.HI/c1-3-24-16-12-14(22)8-10-18(16)26-20(24)6-5-7-21-25(4-2)17-13-15(23)9-11-19(17)27-21;/h5-13H,3-4H2,1-2H3;1H/q+1;/p-1. The Morgan fingerprint density at radius 2 is 1.82 bits per heavy atom. The number of halogens is 3. The van der Waals surface area contributed by atoms with Crippen LogP contribution in [-0.2, 0) is 6.54 Å². The molecule has 2 heterocycles. The van der Waals surface area contributed by atoms with Crippen LogP contribution in [0.3, 0.4) is 0 Å². The molecule has 2 nitrogen and oxygen atoms in total. The molecule has 4 rings (SSSR count). The van der Waals surface area contributed by atoms with Crippen molar-refractivity contribution < 1.29 is 37.3 Å². The highest BCUT2D eigenvalue weighted by molar-refractivity contribution is 8.03. The average Bonchev–Trinajstić information content (AvgIpc) is 3.18. The van der Waals surface area contributed by atoms with Gasteiger partial charge in [0.1, 0.15) is 22.9 Å². The van der Waals surface area contributed by atoms with E-state index in [4.69, 9.17) is 0 Å². The maximum atomic E-state index is 13.6. The minimum Gasteiger partial charge on any atom is -1.00 e. The van der Waals surface area contributed by atoms with E-state index in [0.717, 1.165) is 43.9 Å². The van der Waals surface area contributed by atoms with Gasteiger partial charge in [0.15, 0.2) is 0 Å². The van der Waals surface area contributed by atoms with Gasteiger partial charge in [-0.2, -0.15) is 4.57 Å². The SMILES string of the molecule is CCN1/C(=C/C=C/c2sc3ccc(F)cc3[n+]2CC)Sc2ccc(F)cc21.[I-]. The summed E-state index contributed by atoms with van der Waals surface area (Å²) in [5.41, 5.74) is 1.84. The van der Waals surface area contributed by atoms with Crippen LogP contribution in [0.2, 0.25) is 0 Å². The molecule has 0 amide bonds. The van der Waals surface area contributed by atoms with Crippen LogP contribution in [0.5, 0.6) is 0 Å². The maximum absolute atomic E-state index is 13.6. The van der Waals surface area contributed by atoms with Crippen molar-refractivity contribution in [1.29, 1.82) is 0 Å². The number of hydrogen-bond acceptors (Lipinski definition) is 3. The summed E-state index contributed by atoms with van der Waals surface area (Å²) in [6.07, 6.45) is 6.12. The Labute approximate surface area is 188 Å². The molecule has 7 heteroatoms. The van der Waals surface area contributed by atoms with Crippen LogP contribution in [0.25, 0.3) is 16.3 Å². The Balaban J connectivity index is 0.00000225. The topological polar surface area (TPSA) is 7.12 Å². The van der Waals surface area contributed by atoms with Crippen molar-refractivity contribution in [3.8, 4) is 0 Å². The van der Waals surface area contributed by atoms with Crippen molar-refractivity contribution in [3.63, 3.8) is 0 Å². The molecule has 146 valence electrons. The average molecular weight is 528 g/mol. The second kappa shape index (κ2) is 8.92. The third kappa shape index (κ3) is 3.97. The largest absolute Gasteiger partial charge is 1.00 e. The van der Waals surface area contributed by atoms with Gasteiger partial charge in [-0.15, -0.1) is 0 Å². The molecule has 3 aromatic rings. The molecule has 0 aliphatic carbocycles. The molecule has 1 aliphatic heterocycles. The number of thiazole rings is 1. The molecule has 0 bridgehead atoms. The molecule has 0 atom stereocenters. The van der Waals surface area contributed by atoms with E-state index in [9.17, 15) is 8.78 Å². The van der Waals surface area contributed by atoms with Gasteiger partial charge in [-0.1, -0.05) is 29.2 Å². The number of aromatic nitrogens is 1. The van der Waals surface area contributed by atoms with Gasteiger partial charge in [0.25, 0.3) is 5.01 Å². The molecule has 2 aromatic carbocycles. The summed E-state index contributed by atoms with van der Waals surface area (Å²) in [6, 6.07) is 9.82. The Hall–Kier alpha value is -1.45. The lowest BCUT2D eigenvalue weighted by Gasteiger charge is -2.17. The number of thioether (sulfide) groups is 1. The molecular formula is C21H19F2IN2S2. The first-order valence-electron chi connectivity index (χ1n) is 8.86. The van der Waals surface area contributed by atoms with Crippen LogP contribution in [0.4, 0.5) is 14.5 Å². The number of benzene rings is 2. The fourth-order valence-corrected chi connectivity index (χ4v) is 5.50. The normalized spacial score (nSPS) is 14.9. The Kier molecular flexibility index (Phi) is 6.77. The summed E-state index contributed by atoms with van der Waals surface area (Å²) in [5.74, 6) is -0.433. The fraction of sp³-hybridized carbons (Fsp3) is 0.190. The number of allylic oxidation sites excluding steroid dienone is 2. The number of rotatable bonds is 4. The van der Waals surface area contributed by atoms with Crippen LogP contribution in [-0.4, -0.2) is 6.54 Å². The van der Waals surface area contributed by atoms with E-state index >= 15 is 0 Å². The van der Waals surface area contributed by atoms with E-state index in [1.165, 1.54) is 12.1 Å². The zero-order chi connectivity index (χ0) is 19.0. The van der Waals surface area contributed by atoms with Crippen LogP contribution in [0, 0.1) is 11.6 Å². The number of aryl methyl sites for hydroxylation is 1. The Morgan fingerprint density at radius 1 is 1.07 bits per heavy atom. The summed E-state index contributed by atoms with van der Waals surface area (Å²) in [7, 11) is 0. The van der Waals surface area contributed by atoms with Gasteiger partial charge < -0.3 is 28.9 Å². The predicted molar refractivity (Wildman–Crippen MR) is 110 cm³/mol. The van der Waals surface area contributed by atoms with E-state index in [0.29, 0.717) is 0 Å². The molecule has 1 aromatic heterocycles. The van der Waals surface area contributed by atoms with E-state index in [1.807, 2.05) is 18.2 Å². The zero-order valence-electron chi connectivity index (χ0n) is 15.5. The van der Waals surface area contributed by atoms with Crippen molar-refractivity contribution in [3.05, 3.63) is 70.2 Å². The van der Waals surface area contributed by atoms with Crippen molar-refractivity contribution in [1.82, 2.24) is 0 Å². The number of hydrogen-bond donors (Lipinski definition) is 0. The molecule has 0 spiro atoms. The summed E-state index contributed by atoms with van der Waals surface area (Å²) < 4.78 is 30.4. The van der Waals surface area contributed by atoms with Gasteiger partial charge in [0.2, 0.25) is 5.52 Å². The highest BCUT2D eigenvalue weighted by Gasteiger charge is 2.24. The van der Waals surface area contributed by atoms with Gasteiger partial charge in [0.05, 0.1) is 10.7 Å². The molecule has 0 radical (unpaired) electrons. The second-order valence-electron chi connectivity index (χ2n) is 6.12. The summed E-state index contributed by atoms with van der Waals surface area (Å²) >= 11 is 3.29. The lowest BCUT2D eigenvalue weighted by Crippen LogP contribution is -3.00. The van der Waals surface area contributed by atoms with Crippen LogP contribution >= 0.6 is 23.1 Å². The third-order valence-electron chi connectivity index (χ3n) is 4.49. The maximum Gasteiger partial charge on any atom is 0.262 e. The Bertz CT molecular complexity index is 1080. The van der Waals surface area contributed by atoms with E-state index in [-0.39, 0.29) is 35.6 Å². The molecule has 28 heavy (non-hydrogen) atoms. The monoisotopic (exact) mass is 528 g/mol. The van der Waals surface area contributed by atoms with E-state index in [1.54, 1.807) is 35.2 Å². The van der Waals surface area contributed by atoms with Gasteiger partial charge in [-0.05, 0) is 50.3 Å². The molecular weight excluding hydrogens is 509 g/mol. The van der Waals surface area contributed by atoms with Gasteiger partial charge in [0, 0.05) is 23.6 Å². The quantitative estimate of drug-likeness (QED) is 0.380. The highest BCUT2D eigenvalue weighted by Crippen LogP contribution is 2.45. The van der Waals surface area contributed by atoms with Crippen molar-refractivity contribution in [2.75, 3.05) is 11.4 Å². The van der Waals surface area contributed by atoms with Crippen molar-refractivity contribution in [2.45, 2.75) is 25.3 Å². The Morgan fingerprint density at radius 3 is 2.57 bits per heavy atom. The van der Waals surface area contributed by atoms with Gasteiger partial charge in [-0.3, -0.25) is 0 Å². The minimum atomic E-state index is -0.217. The van der Waals surface area contributed by atoms with Gasteiger partial charge >= 0.3 is 0 Å².